The van der Waals surface area contributed by atoms with Crippen LogP contribution in [-0.2, 0) is 14.9 Å². The Morgan fingerprint density at radius 2 is 1.97 bits per heavy atom. The first kappa shape index (κ1) is 25.0. The Balaban J connectivity index is 1.36. The minimum atomic E-state index is -3.56. The molecule has 2 heterocycles. The molecule has 2 N–H and O–H groups in total. The van der Waals surface area contributed by atoms with Crippen LogP contribution in [0.25, 0.3) is 0 Å². The highest BCUT2D eigenvalue weighted by Crippen LogP contribution is 2.34. The van der Waals surface area contributed by atoms with Crippen LogP contribution in [0.5, 0.6) is 0 Å². The van der Waals surface area contributed by atoms with Crippen molar-refractivity contribution in [3.63, 3.8) is 0 Å². The summed E-state index contributed by atoms with van der Waals surface area (Å²) >= 11 is 0. The highest BCUT2D eigenvalue weighted by molar-refractivity contribution is 7.87. The van der Waals surface area contributed by atoms with Crippen molar-refractivity contribution >= 4 is 16.0 Å². The van der Waals surface area contributed by atoms with Gasteiger partial charge in [0.25, 0.3) is 10.2 Å². The van der Waals surface area contributed by atoms with Crippen LogP contribution in [0.3, 0.4) is 0 Å². The van der Waals surface area contributed by atoms with Crippen LogP contribution < -0.4 is 14.3 Å². The van der Waals surface area contributed by atoms with E-state index in [-0.39, 0.29) is 23.9 Å². The van der Waals surface area contributed by atoms with Crippen LogP contribution in [-0.4, -0.2) is 57.0 Å². The Hall–Kier alpha value is -2.14. The van der Waals surface area contributed by atoms with E-state index < -0.39 is 10.2 Å². The maximum atomic E-state index is 13.6. The number of rotatable bonds is 9. The van der Waals surface area contributed by atoms with Crippen molar-refractivity contribution in [2.45, 2.75) is 57.1 Å². The average molecular weight is 492 g/mol. The molecule has 8 nitrogen and oxygen atoms in total. The summed E-state index contributed by atoms with van der Waals surface area (Å²) in [4.78, 5) is 2.14. The van der Waals surface area contributed by atoms with Gasteiger partial charge < -0.3 is 9.64 Å². The summed E-state index contributed by atoms with van der Waals surface area (Å²) < 4.78 is 50.0. The third-order valence-electron chi connectivity index (χ3n) is 6.80. The number of anilines is 1. The second-order valence-corrected chi connectivity index (χ2v) is 10.7. The van der Waals surface area contributed by atoms with Crippen LogP contribution >= 0.6 is 0 Å². The quantitative estimate of drug-likeness (QED) is 0.560. The Kier molecular flexibility index (Phi) is 8.46. The van der Waals surface area contributed by atoms with Gasteiger partial charge in [-0.15, -0.1) is 5.10 Å². The predicted molar refractivity (Wildman–Crippen MR) is 129 cm³/mol. The fraction of sp³-hybridized carbons (Fsp3) is 0.583. The highest BCUT2D eigenvalue weighted by Gasteiger charge is 2.34. The number of benzene rings is 1. The molecule has 10 heteroatoms. The van der Waals surface area contributed by atoms with Crippen molar-refractivity contribution in [3.8, 4) is 0 Å². The van der Waals surface area contributed by atoms with Crippen LogP contribution in [0.4, 0.5) is 10.2 Å². The molecule has 34 heavy (non-hydrogen) atoms. The number of hydrogen-bond acceptors (Lipinski definition) is 6. The van der Waals surface area contributed by atoms with Crippen LogP contribution in [0, 0.1) is 11.7 Å². The van der Waals surface area contributed by atoms with Gasteiger partial charge in [0.2, 0.25) is 0 Å². The fourth-order valence-corrected chi connectivity index (χ4v) is 6.21. The van der Waals surface area contributed by atoms with Crippen molar-refractivity contribution in [3.05, 3.63) is 54.0 Å². The van der Waals surface area contributed by atoms with Gasteiger partial charge in [-0.2, -0.15) is 18.2 Å². The topological polar surface area (TPSA) is 96.5 Å². The molecule has 2 aromatic rings. The molecule has 1 aromatic heterocycles. The lowest BCUT2D eigenvalue weighted by atomic mass is 9.82. The largest absolute Gasteiger partial charge is 0.378 e. The van der Waals surface area contributed by atoms with Crippen LogP contribution in [0.15, 0.2) is 42.6 Å². The number of aromatic nitrogens is 2. The summed E-state index contributed by atoms with van der Waals surface area (Å²) in [6.07, 6.45) is 6.17. The number of piperidine rings is 1. The molecule has 4 rings (SSSR count). The lowest BCUT2D eigenvalue weighted by Gasteiger charge is -2.40. The molecule has 1 aromatic carbocycles. The zero-order chi connectivity index (χ0) is 24.0. The minimum Gasteiger partial charge on any atom is -0.378 e. The van der Waals surface area contributed by atoms with E-state index in [0.29, 0.717) is 38.6 Å². The first-order valence-electron chi connectivity index (χ1n) is 12.1. The van der Waals surface area contributed by atoms with Gasteiger partial charge >= 0.3 is 0 Å². The van der Waals surface area contributed by atoms with Crippen molar-refractivity contribution < 1.29 is 17.5 Å². The lowest BCUT2D eigenvalue weighted by molar-refractivity contribution is -0.00218. The van der Waals surface area contributed by atoms with E-state index in [4.69, 9.17) is 4.74 Å². The predicted octanol–water partition coefficient (Wildman–Crippen LogP) is 3.00. The van der Waals surface area contributed by atoms with Crippen LogP contribution in [0.1, 0.15) is 50.5 Å². The molecule has 1 saturated carbocycles. The third kappa shape index (κ3) is 6.71. The van der Waals surface area contributed by atoms with Gasteiger partial charge in [0.15, 0.2) is 5.82 Å². The first-order chi connectivity index (χ1) is 16.4. The molecule has 2 atom stereocenters. The molecular formula is C24H34FN5O3S. The molecule has 2 aliphatic rings. The molecule has 1 aliphatic heterocycles. The van der Waals surface area contributed by atoms with Gasteiger partial charge in [0.05, 0.1) is 12.7 Å². The van der Waals surface area contributed by atoms with E-state index in [1.807, 2.05) is 18.2 Å². The molecule has 186 valence electrons. The Bertz CT molecular complexity index is 1020. The number of ether oxygens (including phenoxy) is 1. The summed E-state index contributed by atoms with van der Waals surface area (Å²) in [5, 5.41) is 8.19. The zero-order valence-corrected chi connectivity index (χ0v) is 20.4. The molecule has 1 aliphatic carbocycles. The van der Waals surface area contributed by atoms with Crippen molar-refractivity contribution in [2.24, 2.45) is 5.92 Å². The maximum absolute atomic E-state index is 13.6. The van der Waals surface area contributed by atoms with E-state index in [1.54, 1.807) is 25.3 Å². The molecule has 2 fully saturated rings. The second kappa shape index (κ2) is 11.5. The summed E-state index contributed by atoms with van der Waals surface area (Å²) in [5.74, 6) is 0.935. The third-order valence-corrected chi connectivity index (χ3v) is 8.08. The molecule has 2 unspecified atom stereocenters. The fourth-order valence-electron chi connectivity index (χ4n) is 5.04. The minimum absolute atomic E-state index is 0.0230. The summed E-state index contributed by atoms with van der Waals surface area (Å²) in [7, 11) is -3.56. The monoisotopic (exact) mass is 491 g/mol. The van der Waals surface area contributed by atoms with Gasteiger partial charge in [-0.05, 0) is 67.9 Å². The van der Waals surface area contributed by atoms with Crippen LogP contribution in [0.2, 0.25) is 0 Å². The normalized spacial score (nSPS) is 25.9. The molecule has 0 amide bonds. The van der Waals surface area contributed by atoms with Gasteiger partial charge in [0.1, 0.15) is 5.82 Å². The summed E-state index contributed by atoms with van der Waals surface area (Å²) in [6.45, 7) is 3.88. The van der Waals surface area contributed by atoms with Crippen molar-refractivity contribution in [2.75, 3.05) is 31.1 Å². The number of nitrogens with one attached hydrogen (secondary N) is 2. The van der Waals surface area contributed by atoms with Crippen molar-refractivity contribution in [1.82, 2.24) is 19.6 Å². The van der Waals surface area contributed by atoms with E-state index in [2.05, 4.69) is 24.5 Å². The van der Waals surface area contributed by atoms with E-state index >= 15 is 0 Å². The zero-order valence-electron chi connectivity index (χ0n) is 19.6. The molecule has 0 bridgehead atoms. The van der Waals surface area contributed by atoms with E-state index in [1.165, 1.54) is 6.07 Å². The standard InChI is InChI=1S/C24H34FN5O3S/c1-2-27-34(31,32)29-23-12-14-30(24-7-4-13-26-28-24)16-20(23)17-33-22-10-8-18(9-11-22)19-5-3-6-21(25)15-19/h3-7,13,15,18,20,22-23,27,29H,2,8-12,14,16-17H2,1H3. The summed E-state index contributed by atoms with van der Waals surface area (Å²) in [6, 6.07) is 10.4. The summed E-state index contributed by atoms with van der Waals surface area (Å²) in [5.41, 5.74) is 1.06. The Morgan fingerprint density at radius 1 is 1.15 bits per heavy atom. The molecular weight excluding hydrogens is 457 g/mol. The van der Waals surface area contributed by atoms with Gasteiger partial charge in [-0.1, -0.05) is 19.1 Å². The Labute approximate surface area is 201 Å². The average Bonchev–Trinajstić information content (AvgIpc) is 2.84. The van der Waals surface area contributed by atoms with Gasteiger partial charge in [-0.3, -0.25) is 0 Å². The SMILES string of the molecule is CCNS(=O)(=O)NC1CCN(c2cccnn2)CC1COC1CCC(c2cccc(F)c2)CC1. The van der Waals surface area contributed by atoms with Crippen molar-refractivity contribution in [1.29, 1.82) is 0 Å². The first-order valence-corrected chi connectivity index (χ1v) is 13.6. The van der Waals surface area contributed by atoms with E-state index in [0.717, 1.165) is 37.1 Å². The van der Waals surface area contributed by atoms with E-state index in [9.17, 15) is 12.8 Å². The molecule has 0 radical (unpaired) electrons. The second-order valence-electron chi connectivity index (χ2n) is 9.16. The maximum Gasteiger partial charge on any atom is 0.277 e. The number of halogens is 1. The molecule has 0 spiro atoms. The Morgan fingerprint density at radius 3 is 2.68 bits per heavy atom. The van der Waals surface area contributed by atoms with Gasteiger partial charge in [-0.25, -0.2) is 9.11 Å². The van der Waals surface area contributed by atoms with Gasteiger partial charge in [0, 0.05) is 37.8 Å². The number of nitrogens with zero attached hydrogens (tertiary/aromatic N) is 3. The number of hydrogen-bond donors (Lipinski definition) is 2. The highest BCUT2D eigenvalue weighted by atomic mass is 32.2. The molecule has 1 saturated heterocycles. The smallest absolute Gasteiger partial charge is 0.277 e. The lowest BCUT2D eigenvalue weighted by Crippen LogP contribution is -2.55.